The van der Waals surface area contributed by atoms with E-state index in [0.717, 1.165) is 63.5 Å². The number of pyridine rings is 1. The van der Waals surface area contributed by atoms with Crippen molar-refractivity contribution in [3.8, 4) is 0 Å². The molecule has 1 atom stereocenters. The summed E-state index contributed by atoms with van der Waals surface area (Å²) in [6.45, 7) is 11.8. The summed E-state index contributed by atoms with van der Waals surface area (Å²) in [6.07, 6.45) is 4.83. The van der Waals surface area contributed by atoms with Crippen LogP contribution >= 0.6 is 0 Å². The molecule has 2 aliphatic heterocycles. The Morgan fingerprint density at radius 1 is 1.23 bits per heavy atom. The van der Waals surface area contributed by atoms with Crippen LogP contribution in [0.3, 0.4) is 0 Å². The fraction of sp³-hybridized carbons (Fsp3) is 0.700. The Kier molecular flexibility index (Phi) is 5.70. The van der Waals surface area contributed by atoms with Gasteiger partial charge in [0.15, 0.2) is 0 Å². The van der Waals surface area contributed by atoms with Crippen molar-refractivity contribution in [3.05, 3.63) is 23.4 Å². The van der Waals surface area contributed by atoms with Crippen LogP contribution in [-0.4, -0.2) is 54.4 Å². The average molecular weight is 361 g/mol. The van der Waals surface area contributed by atoms with Crippen LogP contribution in [0, 0.1) is 6.92 Å². The van der Waals surface area contributed by atoms with E-state index in [9.17, 15) is 4.79 Å². The summed E-state index contributed by atoms with van der Waals surface area (Å²) in [7, 11) is 0. The third-order valence-corrected chi connectivity index (χ3v) is 4.96. The Balaban J connectivity index is 1.79. The lowest BCUT2D eigenvalue weighted by atomic mass is 9.94. The van der Waals surface area contributed by atoms with Crippen molar-refractivity contribution in [2.45, 2.75) is 58.6 Å². The number of rotatable bonds is 2. The fourth-order valence-electron chi connectivity index (χ4n) is 3.66. The van der Waals surface area contributed by atoms with Crippen LogP contribution in [0.25, 0.3) is 0 Å². The molecule has 2 saturated heterocycles. The highest BCUT2D eigenvalue weighted by molar-refractivity contribution is 5.69. The van der Waals surface area contributed by atoms with E-state index in [0.29, 0.717) is 0 Å². The molecule has 3 rings (SSSR count). The number of morpholine rings is 1. The van der Waals surface area contributed by atoms with Crippen molar-refractivity contribution < 1.29 is 14.3 Å². The van der Waals surface area contributed by atoms with Crippen molar-refractivity contribution >= 4 is 11.9 Å². The van der Waals surface area contributed by atoms with Crippen molar-refractivity contribution in [1.29, 1.82) is 0 Å². The molecular weight excluding hydrogens is 330 g/mol. The maximum Gasteiger partial charge on any atom is 0.410 e. The van der Waals surface area contributed by atoms with Gasteiger partial charge < -0.3 is 19.3 Å². The van der Waals surface area contributed by atoms with Gasteiger partial charge in [0.05, 0.1) is 19.3 Å². The summed E-state index contributed by atoms with van der Waals surface area (Å²) in [6, 6.07) is 2.19. The van der Waals surface area contributed by atoms with Crippen molar-refractivity contribution in [1.82, 2.24) is 9.88 Å². The van der Waals surface area contributed by atoms with Crippen molar-refractivity contribution in [2.24, 2.45) is 0 Å². The lowest BCUT2D eigenvalue weighted by Crippen LogP contribution is -2.42. The van der Waals surface area contributed by atoms with Crippen LogP contribution in [0.2, 0.25) is 0 Å². The second-order valence-corrected chi connectivity index (χ2v) is 8.18. The maximum atomic E-state index is 12.7. The largest absolute Gasteiger partial charge is 0.444 e. The molecule has 0 bridgehead atoms. The van der Waals surface area contributed by atoms with E-state index < -0.39 is 5.60 Å². The van der Waals surface area contributed by atoms with Gasteiger partial charge in [-0.25, -0.2) is 9.78 Å². The Bertz CT molecular complexity index is 636. The van der Waals surface area contributed by atoms with Gasteiger partial charge in [0.1, 0.15) is 11.4 Å². The quantitative estimate of drug-likeness (QED) is 0.804. The van der Waals surface area contributed by atoms with Gasteiger partial charge >= 0.3 is 6.09 Å². The minimum atomic E-state index is -0.480. The SMILES string of the molecule is Cc1cc(N2CCOCC2)ncc1[C@H]1CCCCN1C(=O)OC(C)(C)C. The third kappa shape index (κ3) is 4.47. The zero-order valence-corrected chi connectivity index (χ0v) is 16.5. The molecule has 1 aromatic heterocycles. The van der Waals surface area contributed by atoms with Gasteiger partial charge in [-0.1, -0.05) is 0 Å². The first kappa shape index (κ1) is 19.0. The van der Waals surface area contributed by atoms with Gasteiger partial charge in [-0.15, -0.1) is 0 Å². The van der Waals surface area contributed by atoms with Crippen LogP contribution in [0.5, 0.6) is 0 Å². The number of piperidine rings is 1. The number of amides is 1. The van der Waals surface area contributed by atoms with E-state index in [1.807, 2.05) is 31.9 Å². The monoisotopic (exact) mass is 361 g/mol. The second kappa shape index (κ2) is 7.82. The Labute approximate surface area is 156 Å². The zero-order chi connectivity index (χ0) is 18.7. The van der Waals surface area contributed by atoms with E-state index in [1.54, 1.807) is 0 Å². The van der Waals surface area contributed by atoms with E-state index in [1.165, 1.54) is 5.56 Å². The first-order valence-electron chi connectivity index (χ1n) is 9.64. The molecule has 26 heavy (non-hydrogen) atoms. The molecule has 0 aromatic carbocycles. The van der Waals surface area contributed by atoms with Gasteiger partial charge in [-0.2, -0.15) is 0 Å². The lowest BCUT2D eigenvalue weighted by Gasteiger charge is -2.37. The molecule has 6 nitrogen and oxygen atoms in total. The Morgan fingerprint density at radius 2 is 1.96 bits per heavy atom. The molecule has 0 N–H and O–H groups in total. The van der Waals surface area contributed by atoms with Gasteiger partial charge in [-0.3, -0.25) is 0 Å². The highest BCUT2D eigenvalue weighted by Crippen LogP contribution is 2.34. The first-order chi connectivity index (χ1) is 12.3. The van der Waals surface area contributed by atoms with Crippen LogP contribution in [0.4, 0.5) is 10.6 Å². The van der Waals surface area contributed by atoms with E-state index >= 15 is 0 Å². The molecule has 0 unspecified atom stereocenters. The van der Waals surface area contributed by atoms with Crippen LogP contribution in [0.1, 0.15) is 57.2 Å². The molecule has 0 spiro atoms. The average Bonchev–Trinajstić information content (AvgIpc) is 2.61. The minimum Gasteiger partial charge on any atom is -0.444 e. The number of aryl methyl sites for hydroxylation is 1. The molecule has 0 saturated carbocycles. The number of hydrogen-bond donors (Lipinski definition) is 0. The number of ether oxygens (including phenoxy) is 2. The summed E-state index contributed by atoms with van der Waals surface area (Å²) in [5, 5.41) is 0. The van der Waals surface area contributed by atoms with Crippen molar-refractivity contribution in [3.63, 3.8) is 0 Å². The van der Waals surface area contributed by atoms with E-state index in [-0.39, 0.29) is 12.1 Å². The van der Waals surface area contributed by atoms with Crippen LogP contribution in [0.15, 0.2) is 12.3 Å². The highest BCUT2D eigenvalue weighted by atomic mass is 16.6. The second-order valence-electron chi connectivity index (χ2n) is 8.18. The first-order valence-corrected chi connectivity index (χ1v) is 9.64. The minimum absolute atomic E-state index is 0.0461. The van der Waals surface area contributed by atoms with Gasteiger partial charge in [0.2, 0.25) is 0 Å². The number of nitrogens with zero attached hydrogens (tertiary/aromatic N) is 3. The number of aromatic nitrogens is 1. The predicted molar refractivity (Wildman–Crippen MR) is 102 cm³/mol. The number of carbonyl (C=O) groups excluding carboxylic acids is 1. The maximum absolute atomic E-state index is 12.7. The van der Waals surface area contributed by atoms with Crippen LogP contribution < -0.4 is 4.90 Å². The molecule has 0 radical (unpaired) electrons. The molecule has 3 heterocycles. The predicted octanol–water partition coefficient (Wildman–Crippen LogP) is 3.69. The molecule has 2 aliphatic rings. The fourth-order valence-corrected chi connectivity index (χ4v) is 3.66. The van der Waals surface area contributed by atoms with E-state index in [2.05, 4.69) is 17.9 Å². The standard InChI is InChI=1S/C20H31N3O3/c1-15-13-18(22-9-11-25-12-10-22)21-14-16(15)17-7-5-6-8-23(17)19(24)26-20(2,3)4/h13-14,17H,5-12H2,1-4H3/t17-/m1/s1. The molecular formula is C20H31N3O3. The molecule has 1 amide bonds. The number of likely N-dealkylation sites (tertiary alicyclic amines) is 1. The van der Waals surface area contributed by atoms with Crippen molar-refractivity contribution in [2.75, 3.05) is 37.7 Å². The normalized spacial score (nSPS) is 21.6. The summed E-state index contributed by atoms with van der Waals surface area (Å²) >= 11 is 0. The molecule has 144 valence electrons. The van der Waals surface area contributed by atoms with Gasteiger partial charge in [0.25, 0.3) is 0 Å². The smallest absolute Gasteiger partial charge is 0.410 e. The summed E-state index contributed by atoms with van der Waals surface area (Å²) in [5.74, 6) is 0.995. The Hall–Kier alpha value is -1.82. The topological polar surface area (TPSA) is 54.9 Å². The zero-order valence-electron chi connectivity index (χ0n) is 16.5. The third-order valence-electron chi connectivity index (χ3n) is 4.96. The molecule has 0 aliphatic carbocycles. The molecule has 2 fully saturated rings. The summed E-state index contributed by atoms with van der Waals surface area (Å²) in [5.41, 5.74) is 1.83. The summed E-state index contributed by atoms with van der Waals surface area (Å²) in [4.78, 5) is 21.5. The summed E-state index contributed by atoms with van der Waals surface area (Å²) < 4.78 is 11.1. The number of carbonyl (C=O) groups is 1. The van der Waals surface area contributed by atoms with Crippen LogP contribution in [-0.2, 0) is 9.47 Å². The number of anilines is 1. The van der Waals surface area contributed by atoms with E-state index in [4.69, 9.17) is 14.5 Å². The van der Waals surface area contributed by atoms with Gasteiger partial charge in [-0.05, 0) is 64.2 Å². The lowest BCUT2D eigenvalue weighted by molar-refractivity contribution is 0.00942. The Morgan fingerprint density at radius 3 is 2.62 bits per heavy atom. The highest BCUT2D eigenvalue weighted by Gasteiger charge is 2.32. The molecule has 1 aromatic rings. The number of hydrogen-bond acceptors (Lipinski definition) is 5. The van der Waals surface area contributed by atoms with Gasteiger partial charge in [0, 0.05) is 25.8 Å². The molecule has 6 heteroatoms.